The molecule has 0 saturated carbocycles. The Morgan fingerprint density at radius 1 is 1.39 bits per heavy atom. The number of hydrogen-bond donors (Lipinski definition) is 1. The molecule has 0 saturated heterocycles. The second-order valence-corrected chi connectivity index (χ2v) is 4.10. The number of Topliss-reactive ketones (excluding diaryl/α,β-unsaturated/α-hetero) is 1. The van der Waals surface area contributed by atoms with Gasteiger partial charge in [-0.15, -0.1) is 0 Å². The van der Waals surface area contributed by atoms with Crippen molar-refractivity contribution in [2.24, 2.45) is 5.73 Å². The van der Waals surface area contributed by atoms with Crippen LogP contribution in [0.15, 0.2) is 12.1 Å². The number of alkyl halides is 2. The first-order valence-electron chi connectivity index (χ1n) is 5.48. The van der Waals surface area contributed by atoms with Crippen LogP contribution in [-0.2, 0) is 5.92 Å². The number of ether oxygens (including phenoxy) is 2. The van der Waals surface area contributed by atoms with Crippen molar-refractivity contribution in [2.75, 3.05) is 13.3 Å². The summed E-state index contributed by atoms with van der Waals surface area (Å²) < 4.78 is 37.1. The van der Waals surface area contributed by atoms with Crippen LogP contribution in [0.5, 0.6) is 11.5 Å². The number of nitrogens with two attached hydrogens (primary N) is 1. The molecule has 2 rings (SSSR count). The molecule has 0 aromatic heterocycles. The van der Waals surface area contributed by atoms with Crippen LogP contribution in [0.1, 0.15) is 29.3 Å². The van der Waals surface area contributed by atoms with Crippen LogP contribution in [-0.4, -0.2) is 19.1 Å². The van der Waals surface area contributed by atoms with Gasteiger partial charge in [-0.1, -0.05) is 0 Å². The molecule has 0 fully saturated rings. The van der Waals surface area contributed by atoms with E-state index in [0.29, 0.717) is 5.75 Å². The van der Waals surface area contributed by atoms with Crippen LogP contribution in [0.4, 0.5) is 8.78 Å². The molecule has 2 N–H and O–H groups in total. The van der Waals surface area contributed by atoms with Gasteiger partial charge >= 0.3 is 0 Å². The molecular weight excluding hydrogens is 244 g/mol. The smallest absolute Gasteiger partial charge is 0.271 e. The molecular formula is C12H13F2NO3. The molecule has 0 unspecified atom stereocenters. The van der Waals surface area contributed by atoms with E-state index in [1.807, 2.05) is 0 Å². The van der Waals surface area contributed by atoms with Gasteiger partial charge in [-0.2, -0.15) is 0 Å². The number of carbonyl (C=O) groups is 1. The van der Waals surface area contributed by atoms with Crippen molar-refractivity contribution in [3.63, 3.8) is 0 Å². The number of rotatable bonds is 4. The molecule has 1 aliphatic rings. The lowest BCUT2D eigenvalue weighted by atomic mass is 9.97. The maximum absolute atomic E-state index is 13.5. The van der Waals surface area contributed by atoms with E-state index in [9.17, 15) is 13.6 Å². The zero-order chi connectivity index (χ0) is 13.3. The van der Waals surface area contributed by atoms with E-state index in [1.165, 1.54) is 6.07 Å². The van der Waals surface area contributed by atoms with Crippen molar-refractivity contribution in [1.29, 1.82) is 0 Å². The highest BCUT2D eigenvalue weighted by Gasteiger charge is 2.32. The molecule has 1 aromatic carbocycles. The highest BCUT2D eigenvalue weighted by molar-refractivity contribution is 5.98. The summed E-state index contributed by atoms with van der Waals surface area (Å²) in [5.74, 6) is -3.01. The van der Waals surface area contributed by atoms with Gasteiger partial charge in [0, 0.05) is 24.5 Å². The zero-order valence-corrected chi connectivity index (χ0v) is 9.83. The summed E-state index contributed by atoms with van der Waals surface area (Å²) in [5, 5.41) is 0. The highest BCUT2D eigenvalue weighted by Crippen LogP contribution is 2.40. The topological polar surface area (TPSA) is 61.6 Å². The number of fused-ring (bicyclic) bond motifs is 1. The second kappa shape index (κ2) is 4.53. The number of ketones is 1. The lowest BCUT2D eigenvalue weighted by Crippen LogP contribution is -2.16. The van der Waals surface area contributed by atoms with Crippen LogP contribution in [0.3, 0.4) is 0 Å². The molecule has 98 valence electrons. The number of halogens is 2. The van der Waals surface area contributed by atoms with E-state index in [1.54, 1.807) is 0 Å². The summed E-state index contributed by atoms with van der Waals surface area (Å²) >= 11 is 0. The first-order valence-corrected chi connectivity index (χ1v) is 5.48. The molecule has 1 aliphatic heterocycles. The molecule has 0 aliphatic carbocycles. The third-order valence-corrected chi connectivity index (χ3v) is 2.66. The maximum atomic E-state index is 13.5. The summed E-state index contributed by atoms with van der Waals surface area (Å²) in [6.45, 7) is 0.824. The predicted molar refractivity (Wildman–Crippen MR) is 60.1 cm³/mol. The SMILES string of the molecule is CC(F)(F)c1cc2c(cc1C(=O)CCN)OCO2. The van der Waals surface area contributed by atoms with Crippen molar-refractivity contribution >= 4 is 5.78 Å². The average molecular weight is 257 g/mol. The van der Waals surface area contributed by atoms with Crippen LogP contribution in [0.25, 0.3) is 0 Å². The fraction of sp³-hybridized carbons (Fsp3) is 0.417. The first-order chi connectivity index (χ1) is 8.43. The first kappa shape index (κ1) is 12.8. The molecule has 1 aromatic rings. The van der Waals surface area contributed by atoms with Crippen LogP contribution in [0.2, 0.25) is 0 Å². The van der Waals surface area contributed by atoms with Crippen molar-refractivity contribution in [1.82, 2.24) is 0 Å². The second-order valence-electron chi connectivity index (χ2n) is 4.10. The minimum absolute atomic E-state index is 0.0166. The van der Waals surface area contributed by atoms with Crippen LogP contribution < -0.4 is 15.2 Å². The Balaban J connectivity index is 2.52. The van der Waals surface area contributed by atoms with Crippen LogP contribution >= 0.6 is 0 Å². The minimum atomic E-state index is -3.12. The van der Waals surface area contributed by atoms with Gasteiger partial charge in [-0.25, -0.2) is 8.78 Å². The van der Waals surface area contributed by atoms with E-state index in [-0.39, 0.29) is 36.6 Å². The Bertz CT molecular complexity index is 483. The van der Waals surface area contributed by atoms with Gasteiger partial charge in [-0.05, 0) is 18.7 Å². The molecule has 1 heterocycles. The lowest BCUT2D eigenvalue weighted by molar-refractivity contribution is 0.0162. The van der Waals surface area contributed by atoms with Gasteiger partial charge in [-0.3, -0.25) is 4.79 Å². The van der Waals surface area contributed by atoms with Gasteiger partial charge in [0.05, 0.1) is 0 Å². The zero-order valence-electron chi connectivity index (χ0n) is 9.83. The van der Waals surface area contributed by atoms with Gasteiger partial charge in [0.1, 0.15) is 0 Å². The van der Waals surface area contributed by atoms with Gasteiger partial charge in [0.25, 0.3) is 5.92 Å². The molecule has 6 heteroatoms. The molecule has 0 atom stereocenters. The fourth-order valence-electron chi connectivity index (χ4n) is 1.80. The number of hydrogen-bond acceptors (Lipinski definition) is 4. The standard InChI is InChI=1S/C12H13F2NO3/c1-12(13,14)8-5-11-10(17-6-18-11)4-7(8)9(16)2-3-15/h4-5H,2-3,6,15H2,1H3. The number of carbonyl (C=O) groups excluding carboxylic acids is 1. The Labute approximate surface area is 103 Å². The third-order valence-electron chi connectivity index (χ3n) is 2.66. The van der Waals surface area contributed by atoms with Crippen molar-refractivity contribution in [3.8, 4) is 11.5 Å². The van der Waals surface area contributed by atoms with E-state index in [0.717, 1.165) is 13.0 Å². The van der Waals surface area contributed by atoms with Crippen molar-refractivity contribution in [3.05, 3.63) is 23.3 Å². The Hall–Kier alpha value is -1.69. The summed E-state index contributed by atoms with van der Waals surface area (Å²) in [6, 6.07) is 2.46. The highest BCUT2D eigenvalue weighted by atomic mass is 19.3. The van der Waals surface area contributed by atoms with E-state index >= 15 is 0 Å². The Morgan fingerprint density at radius 2 is 2.00 bits per heavy atom. The third kappa shape index (κ3) is 2.28. The van der Waals surface area contributed by atoms with Crippen LogP contribution in [0, 0.1) is 0 Å². The summed E-state index contributed by atoms with van der Waals surface area (Å²) in [7, 11) is 0. The average Bonchev–Trinajstić information content (AvgIpc) is 2.73. The Morgan fingerprint density at radius 3 is 2.56 bits per heavy atom. The molecule has 0 bridgehead atoms. The lowest BCUT2D eigenvalue weighted by Gasteiger charge is -2.15. The van der Waals surface area contributed by atoms with Gasteiger partial charge < -0.3 is 15.2 Å². The summed E-state index contributed by atoms with van der Waals surface area (Å²) in [6.07, 6.45) is 0.0166. The van der Waals surface area contributed by atoms with Crippen molar-refractivity contribution < 1.29 is 23.0 Å². The number of benzene rings is 1. The molecule has 18 heavy (non-hydrogen) atoms. The predicted octanol–water partition coefficient (Wildman–Crippen LogP) is 2.06. The normalized spacial score (nSPS) is 13.8. The molecule has 0 radical (unpaired) electrons. The maximum Gasteiger partial charge on any atom is 0.271 e. The monoisotopic (exact) mass is 257 g/mol. The molecule has 0 spiro atoms. The molecule has 0 amide bonds. The Kier molecular flexibility index (Phi) is 3.21. The fourth-order valence-corrected chi connectivity index (χ4v) is 1.80. The van der Waals surface area contributed by atoms with Gasteiger partial charge in [0.2, 0.25) is 6.79 Å². The van der Waals surface area contributed by atoms with E-state index in [2.05, 4.69) is 0 Å². The minimum Gasteiger partial charge on any atom is -0.454 e. The van der Waals surface area contributed by atoms with Gasteiger partial charge in [0.15, 0.2) is 17.3 Å². The molecule has 4 nitrogen and oxygen atoms in total. The summed E-state index contributed by atoms with van der Waals surface area (Å²) in [5.41, 5.74) is 4.86. The van der Waals surface area contributed by atoms with Crippen molar-refractivity contribution in [2.45, 2.75) is 19.3 Å². The van der Waals surface area contributed by atoms with E-state index < -0.39 is 11.7 Å². The quantitative estimate of drug-likeness (QED) is 0.839. The van der Waals surface area contributed by atoms with E-state index in [4.69, 9.17) is 15.2 Å². The largest absolute Gasteiger partial charge is 0.454 e. The summed E-state index contributed by atoms with van der Waals surface area (Å²) in [4.78, 5) is 11.8.